The van der Waals surface area contributed by atoms with Gasteiger partial charge < -0.3 is 15.0 Å². The van der Waals surface area contributed by atoms with E-state index in [9.17, 15) is 9.18 Å². The van der Waals surface area contributed by atoms with Gasteiger partial charge in [0, 0.05) is 13.6 Å². The zero-order valence-electron chi connectivity index (χ0n) is 13.5. The Labute approximate surface area is 131 Å². The Hall–Kier alpha value is -1.69. The summed E-state index contributed by atoms with van der Waals surface area (Å²) in [5, 5.41) is 2.54. The van der Waals surface area contributed by atoms with E-state index in [4.69, 9.17) is 4.74 Å². The van der Waals surface area contributed by atoms with E-state index in [1.807, 2.05) is 0 Å². The minimum absolute atomic E-state index is 0.179. The van der Waals surface area contributed by atoms with Crippen molar-refractivity contribution in [3.63, 3.8) is 0 Å². The van der Waals surface area contributed by atoms with Gasteiger partial charge in [-0.1, -0.05) is 6.42 Å². The Balaban J connectivity index is 0.00000116. The first-order valence-electron chi connectivity index (χ1n) is 7.70. The zero-order valence-corrected chi connectivity index (χ0v) is 13.5. The Kier molecular flexibility index (Phi) is 9.14. The molecule has 2 heterocycles. The molecule has 1 aliphatic rings. The molecule has 6 heteroatoms. The summed E-state index contributed by atoms with van der Waals surface area (Å²) in [7, 11) is 2.09. The van der Waals surface area contributed by atoms with Crippen LogP contribution < -0.4 is 10.1 Å². The summed E-state index contributed by atoms with van der Waals surface area (Å²) in [6, 6.07) is 3.47. The highest BCUT2D eigenvalue weighted by atomic mass is 19.1. The molecule has 0 aromatic carbocycles. The summed E-state index contributed by atoms with van der Waals surface area (Å²) >= 11 is 0. The molecule has 1 N–H and O–H groups in total. The average Bonchev–Trinajstić information content (AvgIpc) is 2.61. The number of likely N-dealkylation sites (tertiary alicyclic amines) is 1. The van der Waals surface area contributed by atoms with Crippen LogP contribution in [0.4, 0.5) is 4.39 Å². The molecule has 0 radical (unpaired) electrons. The molecule has 1 aliphatic heterocycles. The number of aromatic nitrogens is 1. The van der Waals surface area contributed by atoms with E-state index in [1.54, 1.807) is 25.4 Å². The Bertz CT molecular complexity index is 420. The molecule has 124 valence electrons. The van der Waals surface area contributed by atoms with Gasteiger partial charge in [-0.25, -0.2) is 4.98 Å². The van der Waals surface area contributed by atoms with E-state index in [0.717, 1.165) is 18.7 Å². The molecule has 0 bridgehead atoms. The molecule has 0 aliphatic carbocycles. The Morgan fingerprint density at radius 3 is 2.64 bits per heavy atom. The normalized spacial score (nSPS) is 14.7. The van der Waals surface area contributed by atoms with Crippen molar-refractivity contribution in [3.8, 4) is 5.75 Å². The number of pyridine rings is 1. The fourth-order valence-electron chi connectivity index (χ4n) is 2.39. The van der Waals surface area contributed by atoms with Gasteiger partial charge in [-0.05, 0) is 44.5 Å². The number of carbonyl (C=O) groups is 1. The highest BCUT2D eigenvalue weighted by Gasteiger charge is 2.09. The maximum absolute atomic E-state index is 11.3. The number of halogens is 1. The van der Waals surface area contributed by atoms with E-state index in [-0.39, 0.29) is 5.91 Å². The summed E-state index contributed by atoms with van der Waals surface area (Å²) in [5.74, 6) is 0.540. The smallest absolute Gasteiger partial charge is 0.269 e. The van der Waals surface area contributed by atoms with Crippen molar-refractivity contribution in [3.05, 3.63) is 24.0 Å². The van der Waals surface area contributed by atoms with Gasteiger partial charge >= 0.3 is 0 Å². The standard InChI is InChI=1S/C15H23N3O2.CH3F/c1-16-15(19)14-7-6-13(12-17-14)20-11-5-10-18-8-3-2-4-9-18;1-2/h6-7,12H,2-5,8-11H2,1H3,(H,16,19);1H3. The lowest BCUT2D eigenvalue weighted by atomic mass is 10.1. The summed E-state index contributed by atoms with van der Waals surface area (Å²) in [5.41, 5.74) is 0.410. The second kappa shape index (κ2) is 11.0. The molecule has 5 nitrogen and oxygen atoms in total. The van der Waals surface area contributed by atoms with Gasteiger partial charge in [0.25, 0.3) is 5.91 Å². The van der Waals surface area contributed by atoms with Crippen LogP contribution in [0, 0.1) is 0 Å². The molecule has 0 saturated carbocycles. The summed E-state index contributed by atoms with van der Waals surface area (Å²) in [4.78, 5) is 17.9. The number of carbonyl (C=O) groups excluding carboxylic acids is 1. The van der Waals surface area contributed by atoms with Crippen molar-refractivity contribution in [2.75, 3.05) is 40.5 Å². The minimum Gasteiger partial charge on any atom is -0.492 e. The number of ether oxygens (including phenoxy) is 1. The van der Waals surface area contributed by atoms with Crippen molar-refractivity contribution in [2.24, 2.45) is 0 Å². The molecular weight excluding hydrogens is 285 g/mol. The molecule has 22 heavy (non-hydrogen) atoms. The summed E-state index contributed by atoms with van der Waals surface area (Å²) in [6.45, 7) is 4.24. The van der Waals surface area contributed by atoms with Crippen molar-refractivity contribution in [2.45, 2.75) is 25.7 Å². The van der Waals surface area contributed by atoms with Crippen LogP contribution in [0.3, 0.4) is 0 Å². The highest BCUT2D eigenvalue weighted by Crippen LogP contribution is 2.11. The molecule has 0 spiro atoms. The molecule has 2 rings (SSSR count). The predicted molar refractivity (Wildman–Crippen MR) is 85.1 cm³/mol. The number of hydrogen-bond acceptors (Lipinski definition) is 4. The topological polar surface area (TPSA) is 54.5 Å². The molecule has 0 unspecified atom stereocenters. The first-order chi connectivity index (χ1) is 10.8. The zero-order chi connectivity index (χ0) is 16.2. The SMILES string of the molecule is CF.CNC(=O)c1ccc(OCCCN2CCCCC2)cn1. The van der Waals surface area contributed by atoms with E-state index in [1.165, 1.54) is 32.4 Å². The largest absolute Gasteiger partial charge is 0.492 e. The van der Waals surface area contributed by atoms with Crippen molar-refractivity contribution in [1.29, 1.82) is 0 Å². The Morgan fingerprint density at radius 1 is 1.32 bits per heavy atom. The molecule has 1 amide bonds. The Morgan fingerprint density at radius 2 is 2.05 bits per heavy atom. The molecular formula is C16H26FN3O2. The van der Waals surface area contributed by atoms with Crippen molar-refractivity contribution < 1.29 is 13.9 Å². The quantitative estimate of drug-likeness (QED) is 0.819. The van der Waals surface area contributed by atoms with Crippen molar-refractivity contribution in [1.82, 2.24) is 15.2 Å². The van der Waals surface area contributed by atoms with Gasteiger partial charge in [0.05, 0.1) is 20.0 Å². The number of piperidine rings is 1. The number of alkyl halides is 1. The molecule has 1 fully saturated rings. The second-order valence-electron chi connectivity index (χ2n) is 5.06. The van der Waals surface area contributed by atoms with Crippen molar-refractivity contribution >= 4 is 5.91 Å². The van der Waals surface area contributed by atoms with Crippen LogP contribution in [0.5, 0.6) is 5.75 Å². The first-order valence-corrected chi connectivity index (χ1v) is 7.70. The number of rotatable bonds is 6. The average molecular weight is 311 g/mol. The lowest BCUT2D eigenvalue weighted by molar-refractivity contribution is 0.0958. The van der Waals surface area contributed by atoms with Gasteiger partial charge in [-0.2, -0.15) is 0 Å². The predicted octanol–water partition coefficient (Wildman–Crippen LogP) is 2.28. The van der Waals surface area contributed by atoms with Crippen LogP contribution in [0.1, 0.15) is 36.2 Å². The third kappa shape index (κ3) is 6.39. The fraction of sp³-hybridized carbons (Fsp3) is 0.625. The van der Waals surface area contributed by atoms with Gasteiger partial charge in [0.15, 0.2) is 0 Å². The maximum Gasteiger partial charge on any atom is 0.269 e. The van der Waals surface area contributed by atoms with E-state index in [0.29, 0.717) is 19.5 Å². The first kappa shape index (κ1) is 18.4. The number of nitrogens with one attached hydrogen (secondary N) is 1. The van der Waals surface area contributed by atoms with Gasteiger partial charge in [0.1, 0.15) is 11.4 Å². The molecule has 0 atom stereocenters. The highest BCUT2D eigenvalue weighted by molar-refractivity contribution is 5.91. The van der Waals surface area contributed by atoms with Crippen LogP contribution in [0.15, 0.2) is 18.3 Å². The van der Waals surface area contributed by atoms with Gasteiger partial charge in [-0.3, -0.25) is 9.18 Å². The van der Waals surface area contributed by atoms with Crippen LogP contribution in [0.2, 0.25) is 0 Å². The van der Waals surface area contributed by atoms with E-state index >= 15 is 0 Å². The van der Waals surface area contributed by atoms with Gasteiger partial charge in [0.2, 0.25) is 0 Å². The van der Waals surface area contributed by atoms with Crippen LogP contribution in [-0.4, -0.2) is 56.3 Å². The number of nitrogens with zero attached hydrogens (tertiary/aromatic N) is 2. The van der Waals surface area contributed by atoms with Crippen LogP contribution >= 0.6 is 0 Å². The second-order valence-corrected chi connectivity index (χ2v) is 5.06. The molecule has 1 aromatic rings. The maximum atomic E-state index is 11.3. The number of amides is 1. The fourth-order valence-corrected chi connectivity index (χ4v) is 2.39. The lowest BCUT2D eigenvalue weighted by Crippen LogP contribution is -2.31. The molecule has 1 saturated heterocycles. The summed E-state index contributed by atoms with van der Waals surface area (Å²) in [6.07, 6.45) is 6.65. The lowest BCUT2D eigenvalue weighted by Gasteiger charge is -2.26. The van der Waals surface area contributed by atoms with Gasteiger partial charge in [-0.15, -0.1) is 0 Å². The van der Waals surface area contributed by atoms with E-state index < -0.39 is 0 Å². The third-order valence-electron chi connectivity index (χ3n) is 3.53. The minimum atomic E-state index is -0.179. The molecule has 1 aromatic heterocycles. The summed E-state index contributed by atoms with van der Waals surface area (Å²) < 4.78 is 15.1. The van der Waals surface area contributed by atoms with E-state index in [2.05, 4.69) is 15.2 Å². The third-order valence-corrected chi connectivity index (χ3v) is 3.53. The number of hydrogen-bond donors (Lipinski definition) is 1. The monoisotopic (exact) mass is 311 g/mol. The van der Waals surface area contributed by atoms with Crippen LogP contribution in [0.25, 0.3) is 0 Å². The van der Waals surface area contributed by atoms with Crippen LogP contribution in [-0.2, 0) is 0 Å².